The highest BCUT2D eigenvalue weighted by Gasteiger charge is 2.31. The highest BCUT2D eigenvalue weighted by Crippen LogP contribution is 2.28. The molecular weight excluding hydrogens is 255 g/mol. The van der Waals surface area contributed by atoms with Crippen molar-refractivity contribution in [1.82, 2.24) is 9.78 Å². The summed E-state index contributed by atoms with van der Waals surface area (Å²) in [5.74, 6) is 0. The molecule has 0 fully saturated rings. The van der Waals surface area contributed by atoms with Gasteiger partial charge in [-0.15, -0.1) is 0 Å². The third-order valence-corrected chi connectivity index (χ3v) is 2.63. The Hall–Kier alpha value is -1.98. The highest BCUT2D eigenvalue weighted by atomic mass is 19.4. The number of anilines is 1. The van der Waals surface area contributed by atoms with E-state index in [1.54, 1.807) is 0 Å². The Bertz CT molecular complexity index is 505. The third kappa shape index (κ3) is 4.01. The smallest absolute Gasteiger partial charge is 0.385 e. The van der Waals surface area contributed by atoms with E-state index in [4.69, 9.17) is 0 Å². The monoisotopic (exact) mass is 269 g/mol. The minimum Gasteiger partial charge on any atom is -0.385 e. The van der Waals surface area contributed by atoms with Crippen LogP contribution in [0.15, 0.2) is 42.7 Å². The van der Waals surface area contributed by atoms with E-state index >= 15 is 0 Å². The Balaban J connectivity index is 1.76. The van der Waals surface area contributed by atoms with E-state index < -0.39 is 11.7 Å². The van der Waals surface area contributed by atoms with Gasteiger partial charge in [-0.2, -0.15) is 18.3 Å². The molecular formula is C13H14F3N3. The van der Waals surface area contributed by atoms with Gasteiger partial charge in [0.1, 0.15) is 0 Å². The second kappa shape index (κ2) is 5.77. The predicted octanol–water partition coefficient (Wildman–Crippen LogP) is 3.40. The SMILES string of the molecule is FC(F)(F)c1cnn(CCCNc2ccccc2)c1. The van der Waals surface area contributed by atoms with E-state index in [0.717, 1.165) is 18.1 Å². The van der Waals surface area contributed by atoms with Crippen molar-refractivity contribution in [1.29, 1.82) is 0 Å². The molecule has 0 saturated heterocycles. The fourth-order valence-electron chi connectivity index (χ4n) is 1.66. The number of rotatable bonds is 5. The third-order valence-electron chi connectivity index (χ3n) is 2.63. The summed E-state index contributed by atoms with van der Waals surface area (Å²) in [5, 5.41) is 6.88. The second-order valence-corrected chi connectivity index (χ2v) is 4.14. The van der Waals surface area contributed by atoms with Crippen LogP contribution >= 0.6 is 0 Å². The summed E-state index contributed by atoms with van der Waals surface area (Å²) in [6.07, 6.45) is -1.73. The Morgan fingerprint density at radius 3 is 2.53 bits per heavy atom. The number of hydrogen-bond donors (Lipinski definition) is 1. The fourth-order valence-corrected chi connectivity index (χ4v) is 1.66. The van der Waals surface area contributed by atoms with Gasteiger partial charge in [0, 0.05) is 25.0 Å². The molecule has 2 aromatic rings. The molecule has 0 aliphatic heterocycles. The molecule has 6 heteroatoms. The molecule has 1 aromatic carbocycles. The molecule has 1 heterocycles. The molecule has 1 N–H and O–H groups in total. The van der Waals surface area contributed by atoms with Crippen LogP contribution < -0.4 is 5.32 Å². The predicted molar refractivity (Wildman–Crippen MR) is 66.8 cm³/mol. The molecule has 1 aromatic heterocycles. The lowest BCUT2D eigenvalue weighted by atomic mass is 10.3. The lowest BCUT2D eigenvalue weighted by molar-refractivity contribution is -0.137. The van der Waals surface area contributed by atoms with Crippen molar-refractivity contribution in [3.05, 3.63) is 48.3 Å². The molecule has 0 aliphatic carbocycles. The second-order valence-electron chi connectivity index (χ2n) is 4.14. The van der Waals surface area contributed by atoms with E-state index in [1.807, 2.05) is 30.3 Å². The average Bonchev–Trinajstić information content (AvgIpc) is 2.85. The number of nitrogens with one attached hydrogen (secondary N) is 1. The van der Waals surface area contributed by atoms with Crippen molar-refractivity contribution in [3.63, 3.8) is 0 Å². The summed E-state index contributed by atoms with van der Waals surface area (Å²) < 4.78 is 38.4. The molecule has 0 atom stereocenters. The van der Waals surface area contributed by atoms with Gasteiger partial charge in [0.25, 0.3) is 0 Å². The maximum atomic E-state index is 12.3. The molecule has 0 radical (unpaired) electrons. The molecule has 2 rings (SSSR count). The van der Waals surface area contributed by atoms with Gasteiger partial charge in [0.15, 0.2) is 0 Å². The lowest BCUT2D eigenvalue weighted by Gasteiger charge is -2.06. The zero-order chi connectivity index (χ0) is 13.7. The van der Waals surface area contributed by atoms with Crippen molar-refractivity contribution in [3.8, 4) is 0 Å². The normalized spacial score (nSPS) is 11.5. The molecule has 0 saturated carbocycles. The van der Waals surface area contributed by atoms with Crippen molar-refractivity contribution < 1.29 is 13.2 Å². The van der Waals surface area contributed by atoms with Crippen LogP contribution in [0.5, 0.6) is 0 Å². The first kappa shape index (κ1) is 13.5. The van der Waals surface area contributed by atoms with E-state index in [1.165, 1.54) is 4.68 Å². The first-order chi connectivity index (χ1) is 9.05. The first-order valence-corrected chi connectivity index (χ1v) is 5.94. The molecule has 0 spiro atoms. The minimum atomic E-state index is -4.32. The minimum absolute atomic E-state index is 0.454. The van der Waals surface area contributed by atoms with Gasteiger partial charge in [-0.05, 0) is 18.6 Å². The maximum absolute atomic E-state index is 12.3. The standard InChI is InChI=1S/C13H14F3N3/c14-13(15,16)11-9-18-19(10-11)8-4-7-17-12-5-2-1-3-6-12/h1-3,5-6,9-10,17H,4,7-8H2. The van der Waals surface area contributed by atoms with Gasteiger partial charge in [0.05, 0.1) is 11.8 Å². The number of aromatic nitrogens is 2. The Labute approximate surface area is 109 Å². The van der Waals surface area contributed by atoms with Gasteiger partial charge in [-0.25, -0.2) is 0 Å². The zero-order valence-corrected chi connectivity index (χ0v) is 10.2. The molecule has 0 aliphatic rings. The number of para-hydroxylation sites is 1. The van der Waals surface area contributed by atoms with Crippen molar-refractivity contribution in [2.45, 2.75) is 19.1 Å². The van der Waals surface area contributed by atoms with Crippen LogP contribution in [0, 0.1) is 0 Å². The molecule has 3 nitrogen and oxygen atoms in total. The summed E-state index contributed by atoms with van der Waals surface area (Å²) in [4.78, 5) is 0. The average molecular weight is 269 g/mol. The number of nitrogens with zero attached hydrogens (tertiary/aromatic N) is 2. The summed E-state index contributed by atoms with van der Waals surface area (Å²) in [5.41, 5.74) is 0.294. The summed E-state index contributed by atoms with van der Waals surface area (Å²) in [7, 11) is 0. The van der Waals surface area contributed by atoms with Crippen LogP contribution in [0.25, 0.3) is 0 Å². The van der Waals surface area contributed by atoms with E-state index in [0.29, 0.717) is 19.5 Å². The maximum Gasteiger partial charge on any atom is 0.419 e. The summed E-state index contributed by atoms with van der Waals surface area (Å²) in [6.45, 7) is 1.14. The van der Waals surface area contributed by atoms with E-state index in [9.17, 15) is 13.2 Å². The number of hydrogen-bond acceptors (Lipinski definition) is 2. The quantitative estimate of drug-likeness (QED) is 0.843. The number of benzene rings is 1. The van der Waals surface area contributed by atoms with Crippen LogP contribution in [-0.2, 0) is 12.7 Å². The molecule has 19 heavy (non-hydrogen) atoms. The molecule has 0 unspecified atom stereocenters. The van der Waals surface area contributed by atoms with Gasteiger partial charge in [-0.3, -0.25) is 4.68 Å². The number of aryl methyl sites for hydroxylation is 1. The Kier molecular flexibility index (Phi) is 4.09. The van der Waals surface area contributed by atoms with Crippen LogP contribution in [0.1, 0.15) is 12.0 Å². The van der Waals surface area contributed by atoms with Crippen LogP contribution in [0.3, 0.4) is 0 Å². The van der Waals surface area contributed by atoms with E-state index in [2.05, 4.69) is 10.4 Å². The van der Waals surface area contributed by atoms with Crippen LogP contribution in [-0.4, -0.2) is 16.3 Å². The topological polar surface area (TPSA) is 29.9 Å². The molecule has 102 valence electrons. The van der Waals surface area contributed by atoms with Crippen molar-refractivity contribution in [2.75, 3.05) is 11.9 Å². The highest BCUT2D eigenvalue weighted by molar-refractivity contribution is 5.42. The van der Waals surface area contributed by atoms with E-state index in [-0.39, 0.29) is 0 Å². The lowest BCUT2D eigenvalue weighted by Crippen LogP contribution is -2.07. The zero-order valence-electron chi connectivity index (χ0n) is 10.2. The van der Waals surface area contributed by atoms with Crippen molar-refractivity contribution >= 4 is 5.69 Å². The largest absolute Gasteiger partial charge is 0.419 e. The molecule has 0 bridgehead atoms. The summed E-state index contributed by atoms with van der Waals surface area (Å²) in [6, 6.07) is 9.65. The van der Waals surface area contributed by atoms with Gasteiger partial charge in [0.2, 0.25) is 0 Å². The Morgan fingerprint density at radius 2 is 1.89 bits per heavy atom. The van der Waals surface area contributed by atoms with Gasteiger partial charge >= 0.3 is 6.18 Å². The fraction of sp³-hybridized carbons (Fsp3) is 0.308. The van der Waals surface area contributed by atoms with Crippen LogP contribution in [0.4, 0.5) is 18.9 Å². The Morgan fingerprint density at radius 1 is 1.16 bits per heavy atom. The van der Waals surface area contributed by atoms with Gasteiger partial charge < -0.3 is 5.32 Å². The number of halogens is 3. The molecule has 0 amide bonds. The first-order valence-electron chi connectivity index (χ1n) is 5.94. The number of alkyl halides is 3. The van der Waals surface area contributed by atoms with Crippen molar-refractivity contribution in [2.24, 2.45) is 0 Å². The van der Waals surface area contributed by atoms with Gasteiger partial charge in [-0.1, -0.05) is 18.2 Å². The summed E-state index contributed by atoms with van der Waals surface area (Å²) >= 11 is 0. The van der Waals surface area contributed by atoms with Crippen LogP contribution in [0.2, 0.25) is 0 Å².